The van der Waals surface area contributed by atoms with E-state index in [1.165, 1.54) is 19.3 Å². The average molecular weight is 210 g/mol. The number of hydrogen-bond donors (Lipinski definition) is 0. The smallest absolute Gasteiger partial charge is 0.104 e. The van der Waals surface area contributed by atoms with Crippen molar-refractivity contribution in [2.75, 3.05) is 13.2 Å². The van der Waals surface area contributed by atoms with Crippen molar-refractivity contribution in [3.8, 4) is 0 Å². The van der Waals surface area contributed by atoms with Crippen LogP contribution >= 0.6 is 0 Å². The van der Waals surface area contributed by atoms with Crippen molar-refractivity contribution in [1.29, 1.82) is 0 Å². The summed E-state index contributed by atoms with van der Waals surface area (Å²) in [7, 11) is 0. The van der Waals surface area contributed by atoms with Crippen molar-refractivity contribution in [3.63, 3.8) is 0 Å². The van der Waals surface area contributed by atoms with Gasteiger partial charge in [0.1, 0.15) is 6.10 Å². The predicted octanol–water partition coefficient (Wildman–Crippen LogP) is 2.78. The predicted molar refractivity (Wildman–Crippen MR) is 60.8 cm³/mol. The lowest BCUT2D eigenvalue weighted by molar-refractivity contribution is 0.0662. The average Bonchev–Trinajstić information content (AvgIpc) is 2.79. The van der Waals surface area contributed by atoms with Crippen molar-refractivity contribution in [1.82, 2.24) is 0 Å². The van der Waals surface area contributed by atoms with Crippen LogP contribution in [0.15, 0.2) is 12.2 Å². The van der Waals surface area contributed by atoms with Gasteiger partial charge in [0.05, 0.1) is 19.3 Å². The van der Waals surface area contributed by atoms with Gasteiger partial charge >= 0.3 is 0 Å². The molecule has 2 nitrogen and oxygen atoms in total. The fourth-order valence-electron chi connectivity index (χ4n) is 2.18. The first-order valence-corrected chi connectivity index (χ1v) is 6.15. The largest absolute Gasteiger partial charge is 0.376 e. The molecule has 1 saturated carbocycles. The van der Waals surface area contributed by atoms with E-state index in [-0.39, 0.29) is 0 Å². The van der Waals surface area contributed by atoms with Gasteiger partial charge in [-0.25, -0.2) is 0 Å². The molecule has 0 radical (unpaired) electrons. The highest BCUT2D eigenvalue weighted by Gasteiger charge is 2.25. The molecule has 2 fully saturated rings. The molecule has 0 N–H and O–H groups in total. The van der Waals surface area contributed by atoms with Crippen LogP contribution in [0.4, 0.5) is 0 Å². The minimum atomic E-state index is 0.346. The molecule has 0 spiro atoms. The minimum Gasteiger partial charge on any atom is -0.376 e. The summed E-state index contributed by atoms with van der Waals surface area (Å²) < 4.78 is 10.2. The lowest BCUT2D eigenvalue weighted by Gasteiger charge is -2.02. The zero-order valence-corrected chi connectivity index (χ0v) is 9.82. The fraction of sp³-hybridized carbons (Fsp3) is 0.846. The maximum absolute atomic E-state index is 5.24. The highest BCUT2D eigenvalue weighted by molar-refractivity contribution is 5.06. The summed E-state index contributed by atoms with van der Waals surface area (Å²) in [6.07, 6.45) is 9.95. The normalized spacial score (nSPS) is 35.5. The second-order valence-electron chi connectivity index (χ2n) is 5.06. The van der Waals surface area contributed by atoms with E-state index in [1.54, 1.807) is 0 Å². The lowest BCUT2D eigenvalue weighted by atomic mass is 10.1. The summed E-state index contributed by atoms with van der Waals surface area (Å²) in [6.45, 7) is 5.73. The minimum absolute atomic E-state index is 0.346. The molecule has 1 aliphatic heterocycles. The van der Waals surface area contributed by atoms with Crippen LogP contribution in [0.1, 0.15) is 33.1 Å². The first-order valence-electron chi connectivity index (χ1n) is 6.15. The molecule has 3 rings (SSSR count). The zero-order chi connectivity index (χ0) is 10.7. The van der Waals surface area contributed by atoms with Gasteiger partial charge in [0.25, 0.3) is 0 Å². The van der Waals surface area contributed by atoms with Gasteiger partial charge in [-0.3, -0.25) is 0 Å². The summed E-state index contributed by atoms with van der Waals surface area (Å²) in [4.78, 5) is 0. The number of fused-ring (bicyclic) bond motifs is 2. The molecule has 0 amide bonds. The Kier molecular flexibility index (Phi) is 3.81. The van der Waals surface area contributed by atoms with Crippen LogP contribution in [0, 0.1) is 11.8 Å². The Morgan fingerprint density at radius 1 is 1.27 bits per heavy atom. The van der Waals surface area contributed by atoms with Crippen molar-refractivity contribution in [3.05, 3.63) is 12.2 Å². The van der Waals surface area contributed by atoms with Crippen LogP contribution in [0.25, 0.3) is 0 Å². The van der Waals surface area contributed by atoms with Crippen LogP contribution < -0.4 is 0 Å². The molecule has 15 heavy (non-hydrogen) atoms. The highest BCUT2D eigenvalue weighted by Crippen LogP contribution is 2.38. The number of hydrogen-bond acceptors (Lipinski definition) is 2. The Morgan fingerprint density at radius 2 is 1.87 bits per heavy atom. The third-order valence-electron chi connectivity index (χ3n) is 3.19. The zero-order valence-electron chi connectivity index (χ0n) is 9.82. The van der Waals surface area contributed by atoms with Gasteiger partial charge < -0.3 is 9.47 Å². The van der Waals surface area contributed by atoms with E-state index in [2.05, 4.69) is 12.2 Å². The molecule has 86 valence electrons. The molecule has 1 heterocycles. The van der Waals surface area contributed by atoms with Crippen LogP contribution in [0.3, 0.4) is 0 Å². The van der Waals surface area contributed by atoms with Crippen molar-refractivity contribution in [2.45, 2.75) is 45.3 Å². The maximum atomic E-state index is 5.24. The maximum Gasteiger partial charge on any atom is 0.104 e. The first-order chi connectivity index (χ1) is 7.24. The standard InChI is InChI=1S/C7H10.C6H12O2/c1-2-7-4-3-6(1)5-7;1-5(2)7-3-6-4-8-6/h1-2,6-7H,3-5H2;5-6H,3-4H2,1-2H3. The Labute approximate surface area is 92.6 Å². The Balaban J connectivity index is 0.000000114. The molecular formula is C13H22O2. The van der Waals surface area contributed by atoms with Gasteiger partial charge in [-0.1, -0.05) is 12.2 Å². The molecule has 3 unspecified atom stereocenters. The Bertz CT molecular complexity index is 205. The number of ether oxygens (including phenoxy) is 2. The molecule has 0 aromatic carbocycles. The summed E-state index contributed by atoms with van der Waals surface area (Å²) >= 11 is 0. The topological polar surface area (TPSA) is 21.8 Å². The molecule has 2 bridgehead atoms. The van der Waals surface area contributed by atoms with Crippen LogP contribution in [-0.4, -0.2) is 25.4 Å². The quantitative estimate of drug-likeness (QED) is 0.528. The number of epoxide rings is 1. The molecular weight excluding hydrogens is 188 g/mol. The third kappa shape index (κ3) is 3.96. The molecule has 2 heteroatoms. The molecule has 2 aliphatic carbocycles. The molecule has 3 aliphatic rings. The number of rotatable bonds is 3. The summed E-state index contributed by atoms with van der Waals surface area (Å²) in [5, 5.41) is 0. The van der Waals surface area contributed by atoms with Gasteiger partial charge in [-0.05, 0) is 44.9 Å². The van der Waals surface area contributed by atoms with Crippen LogP contribution in [-0.2, 0) is 9.47 Å². The van der Waals surface area contributed by atoms with E-state index in [1.807, 2.05) is 13.8 Å². The second kappa shape index (κ2) is 5.13. The van der Waals surface area contributed by atoms with Gasteiger partial charge in [-0.15, -0.1) is 0 Å². The first kappa shape index (κ1) is 11.2. The second-order valence-corrected chi connectivity index (χ2v) is 5.06. The summed E-state index contributed by atoms with van der Waals surface area (Å²) in [5.74, 6) is 1.98. The van der Waals surface area contributed by atoms with E-state index in [0.717, 1.165) is 25.0 Å². The Morgan fingerprint density at radius 3 is 2.13 bits per heavy atom. The highest BCUT2D eigenvalue weighted by atomic mass is 16.6. The van der Waals surface area contributed by atoms with Gasteiger partial charge in [0.2, 0.25) is 0 Å². The van der Waals surface area contributed by atoms with Crippen molar-refractivity contribution in [2.24, 2.45) is 11.8 Å². The lowest BCUT2D eigenvalue weighted by Crippen LogP contribution is -2.07. The molecule has 0 aromatic rings. The van der Waals surface area contributed by atoms with E-state index < -0.39 is 0 Å². The fourth-order valence-corrected chi connectivity index (χ4v) is 2.18. The molecule has 3 atom stereocenters. The van der Waals surface area contributed by atoms with Crippen LogP contribution in [0.2, 0.25) is 0 Å². The Hall–Kier alpha value is -0.340. The molecule has 1 saturated heterocycles. The third-order valence-corrected chi connectivity index (χ3v) is 3.19. The van der Waals surface area contributed by atoms with E-state index in [9.17, 15) is 0 Å². The van der Waals surface area contributed by atoms with Gasteiger partial charge in [0.15, 0.2) is 0 Å². The number of allylic oxidation sites excluding steroid dienone is 2. The van der Waals surface area contributed by atoms with E-state index in [0.29, 0.717) is 12.2 Å². The summed E-state index contributed by atoms with van der Waals surface area (Å²) in [5.41, 5.74) is 0. The van der Waals surface area contributed by atoms with Gasteiger partial charge in [-0.2, -0.15) is 0 Å². The molecule has 0 aromatic heterocycles. The SMILES string of the molecule is C1=CC2CCC1C2.CC(C)OCC1CO1. The van der Waals surface area contributed by atoms with E-state index in [4.69, 9.17) is 9.47 Å². The summed E-state index contributed by atoms with van der Waals surface area (Å²) in [6, 6.07) is 0. The van der Waals surface area contributed by atoms with Gasteiger partial charge in [0, 0.05) is 0 Å². The van der Waals surface area contributed by atoms with Crippen LogP contribution in [0.5, 0.6) is 0 Å². The van der Waals surface area contributed by atoms with E-state index >= 15 is 0 Å². The monoisotopic (exact) mass is 210 g/mol. The van der Waals surface area contributed by atoms with Crippen molar-refractivity contribution >= 4 is 0 Å². The van der Waals surface area contributed by atoms with Crippen molar-refractivity contribution < 1.29 is 9.47 Å².